The Balaban J connectivity index is 1.65. The Bertz CT molecular complexity index is 979. The van der Waals surface area contributed by atoms with Gasteiger partial charge >= 0.3 is 6.03 Å². The van der Waals surface area contributed by atoms with Crippen molar-refractivity contribution in [2.75, 3.05) is 5.32 Å². The minimum Gasteiger partial charge on any atom is -0.484 e. The number of hydrogen-bond donors (Lipinski definition) is 2. The Kier molecular flexibility index (Phi) is 7.97. The van der Waals surface area contributed by atoms with Gasteiger partial charge in [-0.05, 0) is 68.7 Å². The number of halogens is 3. The molecule has 0 aromatic heterocycles. The first-order valence-corrected chi connectivity index (χ1v) is 11.8. The van der Waals surface area contributed by atoms with E-state index in [1.807, 2.05) is 0 Å². The van der Waals surface area contributed by atoms with Crippen LogP contribution in [-0.4, -0.2) is 17.5 Å². The van der Waals surface area contributed by atoms with Gasteiger partial charge in [0.25, 0.3) is 5.91 Å². The van der Waals surface area contributed by atoms with Crippen LogP contribution in [0, 0.1) is 11.8 Å². The molecule has 32 heavy (non-hydrogen) atoms. The van der Waals surface area contributed by atoms with Crippen LogP contribution in [0.1, 0.15) is 56.8 Å². The minimum absolute atomic E-state index is 0.199. The van der Waals surface area contributed by atoms with E-state index in [2.05, 4.69) is 31.4 Å². The molecule has 0 bridgehead atoms. The molecular weight excluding hydrogens is 471 g/mol. The van der Waals surface area contributed by atoms with Crippen LogP contribution in [0.2, 0.25) is 15.1 Å². The average molecular weight is 498 g/mol. The molecule has 3 rings (SSSR count). The zero-order chi connectivity index (χ0) is 23.5. The van der Waals surface area contributed by atoms with E-state index < -0.39 is 11.9 Å². The van der Waals surface area contributed by atoms with Gasteiger partial charge in [0.15, 0.2) is 5.75 Å². The third-order valence-electron chi connectivity index (χ3n) is 5.98. The second-order valence-corrected chi connectivity index (χ2v) is 10.0. The molecule has 1 aliphatic rings. The summed E-state index contributed by atoms with van der Waals surface area (Å²) in [7, 11) is 0. The van der Waals surface area contributed by atoms with Crippen molar-refractivity contribution in [1.82, 2.24) is 5.32 Å². The lowest BCUT2D eigenvalue weighted by atomic mass is 9.75. The van der Waals surface area contributed by atoms with Crippen LogP contribution in [-0.2, 0) is 0 Å². The van der Waals surface area contributed by atoms with Crippen molar-refractivity contribution in [3.05, 3.63) is 57.0 Å². The van der Waals surface area contributed by atoms with Crippen LogP contribution < -0.4 is 15.4 Å². The van der Waals surface area contributed by atoms with Gasteiger partial charge in [0, 0.05) is 5.69 Å². The maximum Gasteiger partial charge on any atom is 0.326 e. The summed E-state index contributed by atoms with van der Waals surface area (Å²) in [5.74, 6) is 1.15. The van der Waals surface area contributed by atoms with Crippen LogP contribution in [0.5, 0.6) is 5.75 Å². The predicted molar refractivity (Wildman–Crippen MR) is 130 cm³/mol. The third kappa shape index (κ3) is 6.09. The summed E-state index contributed by atoms with van der Waals surface area (Å²) in [6.45, 7) is 6.59. The topological polar surface area (TPSA) is 67.4 Å². The van der Waals surface area contributed by atoms with E-state index in [9.17, 15) is 9.59 Å². The summed E-state index contributed by atoms with van der Waals surface area (Å²) in [5.41, 5.74) is 0.196. The van der Waals surface area contributed by atoms with Gasteiger partial charge in [-0.2, -0.15) is 0 Å². The van der Waals surface area contributed by atoms with Crippen LogP contribution in [0.3, 0.4) is 0 Å². The van der Waals surface area contributed by atoms with Crippen molar-refractivity contribution in [3.8, 4) is 5.75 Å². The number of benzene rings is 2. The van der Waals surface area contributed by atoms with Gasteiger partial charge in [-0.3, -0.25) is 10.1 Å². The number of carbonyl (C=O) groups is 2. The molecule has 5 nitrogen and oxygen atoms in total. The summed E-state index contributed by atoms with van der Waals surface area (Å²) in [4.78, 5) is 24.5. The molecule has 0 radical (unpaired) electrons. The van der Waals surface area contributed by atoms with E-state index in [-0.39, 0.29) is 26.2 Å². The highest BCUT2D eigenvalue weighted by molar-refractivity contribution is 6.37. The molecule has 8 heteroatoms. The fourth-order valence-electron chi connectivity index (χ4n) is 3.97. The Hall–Kier alpha value is -1.95. The highest BCUT2D eigenvalue weighted by Crippen LogP contribution is 2.43. The highest BCUT2D eigenvalue weighted by Gasteiger charge is 2.35. The van der Waals surface area contributed by atoms with E-state index in [0.29, 0.717) is 23.3 Å². The molecule has 1 saturated carbocycles. The number of urea groups is 1. The van der Waals surface area contributed by atoms with Crippen molar-refractivity contribution < 1.29 is 14.3 Å². The van der Waals surface area contributed by atoms with Crippen LogP contribution in [0.4, 0.5) is 10.5 Å². The van der Waals surface area contributed by atoms with E-state index in [0.717, 1.165) is 25.7 Å². The maximum absolute atomic E-state index is 12.3. The van der Waals surface area contributed by atoms with Gasteiger partial charge in [0.05, 0.1) is 20.6 Å². The van der Waals surface area contributed by atoms with Crippen LogP contribution >= 0.6 is 34.8 Å². The molecule has 2 N–H and O–H groups in total. The van der Waals surface area contributed by atoms with E-state index >= 15 is 0 Å². The third-order valence-corrected chi connectivity index (χ3v) is 6.87. The fraction of sp³-hybridized carbons (Fsp3) is 0.417. The SMILES string of the molecule is CC(C)C1CCC(C)(Oc2c(Cl)cc(NC(=O)NC(=O)c3ccccc3Cl)cc2Cl)CC1. The second-order valence-electron chi connectivity index (χ2n) is 8.79. The predicted octanol–water partition coefficient (Wildman–Crippen LogP) is 7.59. The largest absolute Gasteiger partial charge is 0.484 e. The van der Waals surface area contributed by atoms with Gasteiger partial charge in [0.1, 0.15) is 5.60 Å². The highest BCUT2D eigenvalue weighted by atomic mass is 35.5. The molecule has 0 atom stereocenters. The van der Waals surface area contributed by atoms with Crippen LogP contribution in [0.15, 0.2) is 36.4 Å². The van der Waals surface area contributed by atoms with Crippen molar-refractivity contribution in [2.45, 2.75) is 52.1 Å². The summed E-state index contributed by atoms with van der Waals surface area (Å²) in [6.07, 6.45) is 4.05. The molecule has 2 aromatic carbocycles. The molecule has 1 aliphatic carbocycles. The Morgan fingerprint density at radius 3 is 2.19 bits per heavy atom. The molecule has 0 unspecified atom stereocenters. The number of imide groups is 1. The minimum atomic E-state index is -0.727. The van der Waals surface area contributed by atoms with E-state index in [1.54, 1.807) is 30.3 Å². The summed E-state index contributed by atoms with van der Waals surface area (Å²) in [6, 6.07) is 8.82. The van der Waals surface area contributed by atoms with Crippen molar-refractivity contribution >= 4 is 52.4 Å². The monoisotopic (exact) mass is 496 g/mol. The zero-order valence-corrected chi connectivity index (χ0v) is 20.6. The van der Waals surface area contributed by atoms with Gasteiger partial charge in [-0.25, -0.2) is 4.79 Å². The normalized spacial score (nSPS) is 20.7. The van der Waals surface area contributed by atoms with Gasteiger partial charge in [-0.1, -0.05) is 60.8 Å². The number of carbonyl (C=O) groups excluding carboxylic acids is 2. The van der Waals surface area contributed by atoms with Crippen LogP contribution in [0.25, 0.3) is 0 Å². The molecule has 1 fully saturated rings. The van der Waals surface area contributed by atoms with E-state index in [1.165, 1.54) is 6.07 Å². The number of amides is 3. The summed E-state index contributed by atoms with van der Waals surface area (Å²) in [5, 5.41) is 5.63. The first-order chi connectivity index (χ1) is 15.1. The lowest BCUT2D eigenvalue weighted by Gasteiger charge is -2.39. The van der Waals surface area contributed by atoms with Gasteiger partial charge in [-0.15, -0.1) is 0 Å². The number of ether oxygens (including phenoxy) is 1. The molecule has 0 aliphatic heterocycles. The quantitative estimate of drug-likeness (QED) is 0.447. The second kappa shape index (κ2) is 10.3. The molecule has 0 heterocycles. The molecule has 2 aromatic rings. The Morgan fingerprint density at radius 2 is 1.62 bits per heavy atom. The molecule has 0 spiro atoms. The molecule has 3 amide bonds. The first-order valence-electron chi connectivity index (χ1n) is 10.6. The smallest absolute Gasteiger partial charge is 0.326 e. The zero-order valence-electron chi connectivity index (χ0n) is 18.3. The lowest BCUT2D eigenvalue weighted by molar-refractivity contribution is 0.0252. The molecule has 0 saturated heterocycles. The number of rotatable bonds is 5. The van der Waals surface area contributed by atoms with E-state index in [4.69, 9.17) is 39.5 Å². The van der Waals surface area contributed by atoms with Crippen molar-refractivity contribution in [1.29, 1.82) is 0 Å². The standard InChI is InChI=1S/C24H27Cl3N2O3/c1-14(2)15-8-10-24(3,11-9-15)32-21-19(26)12-16(13-20(21)27)28-23(31)29-22(30)17-6-4-5-7-18(17)25/h4-7,12-15H,8-11H2,1-3H3,(H2,28,29,30,31). The number of nitrogens with one attached hydrogen (secondary N) is 2. The summed E-state index contributed by atoms with van der Waals surface area (Å²) >= 11 is 18.9. The van der Waals surface area contributed by atoms with Crippen molar-refractivity contribution in [2.24, 2.45) is 11.8 Å². The van der Waals surface area contributed by atoms with Gasteiger partial charge in [0.2, 0.25) is 0 Å². The number of hydrogen-bond acceptors (Lipinski definition) is 3. The maximum atomic E-state index is 12.3. The fourth-order valence-corrected chi connectivity index (χ4v) is 4.76. The first kappa shape index (κ1) is 24.7. The Morgan fingerprint density at radius 1 is 1.03 bits per heavy atom. The van der Waals surface area contributed by atoms with Gasteiger partial charge < -0.3 is 10.1 Å². The molecule has 172 valence electrons. The molecular formula is C24H27Cl3N2O3. The summed E-state index contributed by atoms with van der Waals surface area (Å²) < 4.78 is 6.27. The number of anilines is 1. The lowest BCUT2D eigenvalue weighted by Crippen LogP contribution is -2.38. The Labute approximate surface area is 203 Å². The van der Waals surface area contributed by atoms with Crippen molar-refractivity contribution in [3.63, 3.8) is 0 Å². The average Bonchev–Trinajstić information content (AvgIpc) is 2.71.